The highest BCUT2D eigenvalue weighted by Crippen LogP contribution is 2.24. The van der Waals surface area contributed by atoms with Crippen molar-refractivity contribution in [2.24, 2.45) is 0 Å². The Morgan fingerprint density at radius 2 is 1.84 bits per heavy atom. The van der Waals surface area contributed by atoms with E-state index >= 15 is 0 Å². The van der Waals surface area contributed by atoms with Crippen LogP contribution in [0.3, 0.4) is 0 Å². The van der Waals surface area contributed by atoms with Crippen LogP contribution in [-0.2, 0) is 0 Å². The first-order valence-corrected chi connectivity index (χ1v) is 6.57. The van der Waals surface area contributed by atoms with Crippen molar-refractivity contribution < 1.29 is 9.59 Å². The van der Waals surface area contributed by atoms with Gasteiger partial charge in [0.1, 0.15) is 0 Å². The molecule has 2 aromatic rings. The van der Waals surface area contributed by atoms with Crippen LogP contribution in [0.4, 0.5) is 11.4 Å². The number of nitrogens with two attached hydrogens (primary N) is 1. The highest BCUT2D eigenvalue weighted by molar-refractivity contribution is 7.14. The second-order valence-corrected chi connectivity index (χ2v) is 5.47. The second-order valence-electron chi connectivity index (χ2n) is 4.21. The van der Waals surface area contributed by atoms with E-state index in [1.807, 2.05) is 6.92 Å². The highest BCUT2D eigenvalue weighted by atomic mass is 32.1. The molecule has 19 heavy (non-hydrogen) atoms. The van der Waals surface area contributed by atoms with Gasteiger partial charge in [0, 0.05) is 21.8 Å². The molecule has 1 aromatic heterocycles. The summed E-state index contributed by atoms with van der Waals surface area (Å²) in [6, 6.07) is 8.45. The Hall–Kier alpha value is -2.14. The fourth-order valence-corrected chi connectivity index (χ4v) is 2.43. The standard InChI is InChI=1S/C14H14N2O2S/c1-8(17)10-3-5-11(6-4-10)16-14(18)13-7-12(15)9(2)19-13/h3-7H,15H2,1-2H3,(H,16,18). The number of carbonyl (C=O) groups excluding carboxylic acids is 2. The number of anilines is 2. The average Bonchev–Trinajstić information content (AvgIpc) is 2.70. The van der Waals surface area contributed by atoms with Crippen molar-refractivity contribution in [1.29, 1.82) is 0 Å². The van der Waals surface area contributed by atoms with Crippen molar-refractivity contribution in [3.63, 3.8) is 0 Å². The number of carbonyl (C=O) groups is 2. The van der Waals surface area contributed by atoms with Gasteiger partial charge in [-0.1, -0.05) is 0 Å². The molecule has 1 amide bonds. The van der Waals surface area contributed by atoms with E-state index in [1.54, 1.807) is 30.3 Å². The average molecular weight is 274 g/mol. The zero-order valence-corrected chi connectivity index (χ0v) is 11.5. The van der Waals surface area contributed by atoms with Crippen LogP contribution in [0, 0.1) is 6.92 Å². The molecule has 0 saturated heterocycles. The molecule has 1 aromatic carbocycles. The van der Waals surface area contributed by atoms with Gasteiger partial charge in [0.2, 0.25) is 0 Å². The lowest BCUT2D eigenvalue weighted by Crippen LogP contribution is -2.10. The summed E-state index contributed by atoms with van der Waals surface area (Å²) < 4.78 is 0. The van der Waals surface area contributed by atoms with Crippen LogP contribution in [0.2, 0.25) is 0 Å². The van der Waals surface area contributed by atoms with E-state index in [0.717, 1.165) is 4.88 Å². The maximum absolute atomic E-state index is 12.0. The fourth-order valence-electron chi connectivity index (χ4n) is 1.59. The van der Waals surface area contributed by atoms with Crippen molar-refractivity contribution in [2.45, 2.75) is 13.8 Å². The summed E-state index contributed by atoms with van der Waals surface area (Å²) in [6.07, 6.45) is 0. The lowest BCUT2D eigenvalue weighted by molar-refractivity contribution is 0.101. The summed E-state index contributed by atoms with van der Waals surface area (Å²) in [5.41, 5.74) is 7.62. The molecular formula is C14H14N2O2S. The molecule has 0 unspecified atom stereocenters. The molecule has 0 saturated carbocycles. The number of benzene rings is 1. The molecule has 0 aliphatic rings. The maximum atomic E-state index is 12.0. The predicted octanol–water partition coefficient (Wildman–Crippen LogP) is 3.09. The number of hydrogen-bond donors (Lipinski definition) is 2. The number of Topliss-reactive ketones (excluding diaryl/α,β-unsaturated/α-hetero) is 1. The summed E-state index contributed by atoms with van der Waals surface area (Å²) in [5.74, 6) is -0.195. The molecule has 1 heterocycles. The van der Waals surface area contributed by atoms with Gasteiger partial charge in [0.15, 0.2) is 5.78 Å². The third-order valence-corrected chi connectivity index (χ3v) is 3.79. The molecule has 0 bridgehead atoms. The Morgan fingerprint density at radius 1 is 1.21 bits per heavy atom. The van der Waals surface area contributed by atoms with E-state index in [-0.39, 0.29) is 11.7 Å². The second kappa shape index (κ2) is 5.24. The predicted molar refractivity (Wildman–Crippen MR) is 77.9 cm³/mol. The van der Waals surface area contributed by atoms with Gasteiger partial charge < -0.3 is 11.1 Å². The smallest absolute Gasteiger partial charge is 0.265 e. The van der Waals surface area contributed by atoms with Gasteiger partial charge in [-0.05, 0) is 44.2 Å². The molecule has 0 fully saturated rings. The normalized spacial score (nSPS) is 10.2. The molecule has 0 atom stereocenters. The van der Waals surface area contributed by atoms with E-state index in [2.05, 4.69) is 5.32 Å². The van der Waals surface area contributed by atoms with Gasteiger partial charge in [-0.15, -0.1) is 11.3 Å². The molecule has 0 spiro atoms. The number of nitrogens with one attached hydrogen (secondary N) is 1. The Balaban J connectivity index is 2.12. The van der Waals surface area contributed by atoms with Crippen molar-refractivity contribution in [3.8, 4) is 0 Å². The minimum atomic E-state index is -0.194. The fraction of sp³-hybridized carbons (Fsp3) is 0.143. The van der Waals surface area contributed by atoms with E-state index in [4.69, 9.17) is 5.73 Å². The minimum absolute atomic E-state index is 0.000434. The van der Waals surface area contributed by atoms with Gasteiger partial charge >= 0.3 is 0 Å². The molecule has 98 valence electrons. The molecular weight excluding hydrogens is 260 g/mol. The Morgan fingerprint density at radius 3 is 2.32 bits per heavy atom. The monoisotopic (exact) mass is 274 g/mol. The topological polar surface area (TPSA) is 72.2 Å². The van der Waals surface area contributed by atoms with Crippen LogP contribution in [0.5, 0.6) is 0 Å². The summed E-state index contributed by atoms with van der Waals surface area (Å²) >= 11 is 1.36. The first-order valence-electron chi connectivity index (χ1n) is 5.75. The molecule has 0 radical (unpaired) electrons. The lowest BCUT2D eigenvalue weighted by Gasteiger charge is -2.04. The van der Waals surface area contributed by atoms with Gasteiger partial charge in [-0.25, -0.2) is 0 Å². The van der Waals surface area contributed by atoms with Gasteiger partial charge in [0.25, 0.3) is 5.91 Å². The third kappa shape index (κ3) is 3.00. The Kier molecular flexibility index (Phi) is 3.66. The Bertz CT molecular complexity index is 610. The number of rotatable bonds is 3. The largest absolute Gasteiger partial charge is 0.398 e. The van der Waals surface area contributed by atoms with Crippen LogP contribution < -0.4 is 11.1 Å². The van der Waals surface area contributed by atoms with E-state index in [1.165, 1.54) is 18.3 Å². The number of aryl methyl sites for hydroxylation is 1. The highest BCUT2D eigenvalue weighted by Gasteiger charge is 2.11. The number of hydrogen-bond acceptors (Lipinski definition) is 4. The van der Waals surface area contributed by atoms with Gasteiger partial charge in [0.05, 0.1) is 4.88 Å². The zero-order valence-electron chi connectivity index (χ0n) is 10.7. The van der Waals surface area contributed by atoms with E-state index < -0.39 is 0 Å². The minimum Gasteiger partial charge on any atom is -0.398 e. The van der Waals surface area contributed by atoms with E-state index in [0.29, 0.717) is 21.8 Å². The zero-order chi connectivity index (χ0) is 14.0. The molecule has 0 aliphatic carbocycles. The molecule has 3 N–H and O–H groups in total. The number of thiophene rings is 1. The van der Waals surface area contributed by atoms with Crippen LogP contribution in [0.1, 0.15) is 31.8 Å². The summed E-state index contributed by atoms with van der Waals surface area (Å²) in [6.45, 7) is 3.38. The number of nitrogen functional groups attached to an aromatic ring is 1. The van der Waals surface area contributed by atoms with Crippen LogP contribution in [0.25, 0.3) is 0 Å². The summed E-state index contributed by atoms with van der Waals surface area (Å²) in [5, 5.41) is 2.77. The first kappa shape index (κ1) is 13.3. The lowest BCUT2D eigenvalue weighted by atomic mass is 10.1. The van der Waals surface area contributed by atoms with Crippen LogP contribution >= 0.6 is 11.3 Å². The first-order chi connectivity index (χ1) is 8.97. The van der Waals surface area contributed by atoms with Crippen LogP contribution in [-0.4, -0.2) is 11.7 Å². The van der Waals surface area contributed by atoms with Crippen molar-refractivity contribution in [1.82, 2.24) is 0 Å². The van der Waals surface area contributed by atoms with Gasteiger partial charge in [-0.2, -0.15) is 0 Å². The van der Waals surface area contributed by atoms with Crippen LogP contribution in [0.15, 0.2) is 30.3 Å². The van der Waals surface area contributed by atoms with Crippen molar-refractivity contribution in [3.05, 3.63) is 45.6 Å². The maximum Gasteiger partial charge on any atom is 0.265 e. The molecule has 0 aliphatic heterocycles. The SMILES string of the molecule is CC(=O)c1ccc(NC(=O)c2cc(N)c(C)s2)cc1. The van der Waals surface area contributed by atoms with Crippen molar-refractivity contribution >= 4 is 34.4 Å². The van der Waals surface area contributed by atoms with Gasteiger partial charge in [-0.3, -0.25) is 9.59 Å². The summed E-state index contributed by atoms with van der Waals surface area (Å²) in [4.78, 5) is 24.6. The number of ketones is 1. The molecule has 5 heteroatoms. The number of amides is 1. The van der Waals surface area contributed by atoms with E-state index in [9.17, 15) is 9.59 Å². The third-order valence-electron chi connectivity index (χ3n) is 2.73. The summed E-state index contributed by atoms with van der Waals surface area (Å²) in [7, 11) is 0. The molecule has 4 nitrogen and oxygen atoms in total. The molecule has 2 rings (SSSR count). The Labute approximate surface area is 115 Å². The van der Waals surface area contributed by atoms with Crippen molar-refractivity contribution in [2.75, 3.05) is 11.1 Å². The quantitative estimate of drug-likeness (QED) is 0.845.